The molecule has 0 radical (unpaired) electrons. The Balaban J connectivity index is 1.51. The highest BCUT2D eigenvalue weighted by Crippen LogP contribution is 2.24. The monoisotopic (exact) mass is 449 g/mol. The predicted molar refractivity (Wildman–Crippen MR) is 141 cm³/mol. The van der Waals surface area contributed by atoms with Gasteiger partial charge in [-0.1, -0.05) is 99.0 Å². The van der Waals surface area contributed by atoms with Gasteiger partial charge in [0.05, 0.1) is 22.5 Å². The highest BCUT2D eigenvalue weighted by Gasteiger charge is 2.14. The molecule has 0 unspecified atom stereocenters. The van der Waals surface area contributed by atoms with E-state index in [1.807, 2.05) is 67.6 Å². The number of hydrogen-bond donors (Lipinski definition) is 1. The molecule has 0 aliphatic carbocycles. The van der Waals surface area contributed by atoms with Crippen LogP contribution in [0.4, 0.5) is 0 Å². The fourth-order valence-corrected chi connectivity index (χ4v) is 4.05. The van der Waals surface area contributed by atoms with E-state index in [4.69, 9.17) is 4.98 Å². The van der Waals surface area contributed by atoms with E-state index in [9.17, 15) is 4.79 Å². The van der Waals surface area contributed by atoms with Crippen LogP contribution in [0.15, 0.2) is 90.0 Å². The minimum absolute atomic E-state index is 0.248. The van der Waals surface area contributed by atoms with Crippen LogP contribution in [0, 0.1) is 0 Å². The second-order valence-corrected chi connectivity index (χ2v) is 8.58. The van der Waals surface area contributed by atoms with Crippen LogP contribution in [0.2, 0.25) is 0 Å². The second kappa shape index (κ2) is 11.4. The average molecular weight is 450 g/mol. The van der Waals surface area contributed by atoms with Crippen LogP contribution in [0.5, 0.6) is 0 Å². The van der Waals surface area contributed by atoms with Crippen LogP contribution in [0.3, 0.4) is 0 Å². The number of benzene rings is 3. The van der Waals surface area contributed by atoms with Crippen molar-refractivity contribution in [2.24, 2.45) is 5.10 Å². The van der Waals surface area contributed by atoms with E-state index in [1.165, 1.54) is 31.2 Å². The number of hydrogen-bond acceptors (Lipinski definition) is 3. The quantitative estimate of drug-likeness (QED) is 0.167. The number of rotatable bonds is 9. The SMILES string of the molecule is CCCCCCc1ccc(/C(C)=N\NC(=O)c2cc(-c3ccccc3)nc3ccccc23)cc1. The molecule has 4 nitrogen and oxygen atoms in total. The smallest absolute Gasteiger partial charge is 0.267 e. The Morgan fingerprint density at radius 3 is 2.38 bits per heavy atom. The lowest BCUT2D eigenvalue weighted by molar-refractivity contribution is 0.0956. The molecular weight excluding hydrogens is 418 g/mol. The lowest BCUT2D eigenvalue weighted by Crippen LogP contribution is -2.20. The number of para-hydroxylation sites is 1. The molecule has 1 amide bonds. The standard InChI is InChI=1S/C30H31N3O/c1-3-4-5-7-12-23-17-19-24(20-18-23)22(2)32-33-30(34)27-21-29(25-13-8-6-9-14-25)31-28-16-11-10-15-26(27)28/h6,8-11,13-21H,3-5,7,12H2,1-2H3,(H,33,34)/b32-22-. The van der Waals surface area contributed by atoms with E-state index in [0.717, 1.165) is 39.9 Å². The summed E-state index contributed by atoms with van der Waals surface area (Å²) in [6.07, 6.45) is 6.15. The van der Waals surface area contributed by atoms with Gasteiger partial charge in [0.25, 0.3) is 5.91 Å². The molecule has 0 fully saturated rings. The molecule has 0 aliphatic heterocycles. The van der Waals surface area contributed by atoms with Gasteiger partial charge in [0.15, 0.2) is 0 Å². The number of pyridine rings is 1. The minimum Gasteiger partial charge on any atom is -0.267 e. The van der Waals surface area contributed by atoms with Gasteiger partial charge in [-0.3, -0.25) is 4.79 Å². The van der Waals surface area contributed by atoms with Gasteiger partial charge in [-0.15, -0.1) is 0 Å². The van der Waals surface area contributed by atoms with Crippen LogP contribution in [0.25, 0.3) is 22.2 Å². The van der Waals surface area contributed by atoms with Gasteiger partial charge < -0.3 is 0 Å². The summed E-state index contributed by atoms with van der Waals surface area (Å²) in [7, 11) is 0. The van der Waals surface area contributed by atoms with Crippen LogP contribution < -0.4 is 5.43 Å². The molecule has 0 aliphatic rings. The molecule has 0 bridgehead atoms. The van der Waals surface area contributed by atoms with Crippen LogP contribution in [0.1, 0.15) is 61.0 Å². The molecule has 4 rings (SSSR count). The summed E-state index contributed by atoms with van der Waals surface area (Å²) in [6, 6.07) is 27.9. The second-order valence-electron chi connectivity index (χ2n) is 8.58. The first-order valence-electron chi connectivity index (χ1n) is 12.0. The Morgan fingerprint density at radius 1 is 0.882 bits per heavy atom. The maximum Gasteiger partial charge on any atom is 0.272 e. The van der Waals surface area contributed by atoms with Crippen molar-refractivity contribution in [3.63, 3.8) is 0 Å². The summed E-state index contributed by atoms with van der Waals surface area (Å²) in [4.78, 5) is 17.9. The Bertz CT molecular complexity index is 1280. The van der Waals surface area contributed by atoms with Crippen molar-refractivity contribution in [3.05, 3.63) is 102 Å². The number of unbranched alkanes of at least 4 members (excludes halogenated alkanes) is 3. The first-order chi connectivity index (χ1) is 16.7. The first-order valence-corrected chi connectivity index (χ1v) is 12.0. The van der Waals surface area contributed by atoms with Crippen molar-refractivity contribution in [1.29, 1.82) is 0 Å². The number of aromatic nitrogens is 1. The number of fused-ring (bicyclic) bond motifs is 1. The molecule has 1 N–H and O–H groups in total. The highest BCUT2D eigenvalue weighted by molar-refractivity contribution is 6.08. The molecule has 1 aromatic heterocycles. The van der Waals surface area contributed by atoms with E-state index in [-0.39, 0.29) is 5.91 Å². The third kappa shape index (κ3) is 5.76. The first kappa shape index (κ1) is 23.4. The van der Waals surface area contributed by atoms with Crippen LogP contribution in [-0.2, 0) is 6.42 Å². The van der Waals surface area contributed by atoms with Crippen LogP contribution in [-0.4, -0.2) is 16.6 Å². The number of amides is 1. The average Bonchev–Trinajstić information content (AvgIpc) is 2.89. The van der Waals surface area contributed by atoms with Gasteiger partial charge >= 0.3 is 0 Å². The Kier molecular flexibility index (Phi) is 7.82. The van der Waals surface area contributed by atoms with E-state index in [2.05, 4.69) is 41.7 Å². The normalized spacial score (nSPS) is 11.5. The topological polar surface area (TPSA) is 54.4 Å². The molecule has 0 saturated carbocycles. The number of carbonyl (C=O) groups excluding carboxylic acids is 1. The number of nitrogens with zero attached hydrogens (tertiary/aromatic N) is 2. The largest absolute Gasteiger partial charge is 0.272 e. The zero-order valence-electron chi connectivity index (χ0n) is 19.9. The third-order valence-electron chi connectivity index (χ3n) is 6.05. The Morgan fingerprint density at radius 2 is 1.62 bits per heavy atom. The number of carbonyl (C=O) groups is 1. The number of hydrazone groups is 1. The van der Waals surface area contributed by atoms with Crippen molar-refractivity contribution in [3.8, 4) is 11.3 Å². The molecule has 1 heterocycles. The van der Waals surface area contributed by atoms with Crippen LogP contribution >= 0.6 is 0 Å². The van der Waals surface area contributed by atoms with E-state index >= 15 is 0 Å². The number of aryl methyl sites for hydroxylation is 1. The molecule has 0 spiro atoms. The van der Waals surface area contributed by atoms with E-state index in [1.54, 1.807) is 0 Å². The third-order valence-corrected chi connectivity index (χ3v) is 6.05. The molecule has 4 heteroatoms. The van der Waals surface area contributed by atoms with E-state index in [0.29, 0.717) is 5.56 Å². The van der Waals surface area contributed by atoms with Gasteiger partial charge in [0.1, 0.15) is 0 Å². The fraction of sp³-hybridized carbons (Fsp3) is 0.233. The molecule has 172 valence electrons. The van der Waals surface area contributed by atoms with Gasteiger partial charge in [-0.25, -0.2) is 10.4 Å². The Labute approximate surface area is 201 Å². The number of nitrogens with one attached hydrogen (secondary N) is 1. The van der Waals surface area contributed by atoms with Gasteiger partial charge in [0, 0.05) is 10.9 Å². The predicted octanol–water partition coefficient (Wildman–Crippen LogP) is 7.18. The van der Waals surface area contributed by atoms with Gasteiger partial charge in [0.2, 0.25) is 0 Å². The summed E-state index contributed by atoms with van der Waals surface area (Å²) in [6.45, 7) is 4.14. The molecule has 3 aromatic carbocycles. The molecular formula is C30H31N3O. The fourth-order valence-electron chi connectivity index (χ4n) is 4.05. The molecule has 0 saturated heterocycles. The molecule has 34 heavy (non-hydrogen) atoms. The van der Waals surface area contributed by atoms with Crippen molar-refractivity contribution in [2.75, 3.05) is 0 Å². The highest BCUT2D eigenvalue weighted by atomic mass is 16.2. The zero-order chi connectivity index (χ0) is 23.8. The minimum atomic E-state index is -0.248. The summed E-state index contributed by atoms with van der Waals surface area (Å²) < 4.78 is 0. The summed E-state index contributed by atoms with van der Waals surface area (Å²) in [5.41, 5.74) is 8.94. The van der Waals surface area contributed by atoms with Crippen molar-refractivity contribution in [1.82, 2.24) is 10.4 Å². The van der Waals surface area contributed by atoms with E-state index < -0.39 is 0 Å². The lowest BCUT2D eigenvalue weighted by atomic mass is 10.0. The summed E-state index contributed by atoms with van der Waals surface area (Å²) in [5, 5.41) is 5.20. The maximum absolute atomic E-state index is 13.2. The Hall–Kier alpha value is -3.79. The summed E-state index contributed by atoms with van der Waals surface area (Å²) >= 11 is 0. The van der Waals surface area contributed by atoms with Gasteiger partial charge in [-0.05, 0) is 43.0 Å². The van der Waals surface area contributed by atoms with Gasteiger partial charge in [-0.2, -0.15) is 5.10 Å². The molecule has 0 atom stereocenters. The van der Waals surface area contributed by atoms with Crippen molar-refractivity contribution in [2.45, 2.75) is 46.0 Å². The molecule has 4 aromatic rings. The van der Waals surface area contributed by atoms with Crippen molar-refractivity contribution >= 4 is 22.5 Å². The summed E-state index contributed by atoms with van der Waals surface area (Å²) in [5.74, 6) is -0.248. The lowest BCUT2D eigenvalue weighted by Gasteiger charge is -2.10. The maximum atomic E-state index is 13.2. The van der Waals surface area contributed by atoms with Crippen molar-refractivity contribution < 1.29 is 4.79 Å². The zero-order valence-corrected chi connectivity index (χ0v) is 19.9.